The molecule has 1 aliphatic rings. The molecular formula is C18H30N2O. The molecule has 1 aromatic carbocycles. The molecule has 0 heterocycles. The highest BCUT2D eigenvalue weighted by Gasteiger charge is 2.27. The first kappa shape index (κ1) is 16.0. The van der Waals surface area contributed by atoms with Crippen LogP contribution in [0.3, 0.4) is 0 Å². The predicted molar refractivity (Wildman–Crippen MR) is 90.8 cm³/mol. The zero-order valence-corrected chi connectivity index (χ0v) is 13.9. The van der Waals surface area contributed by atoms with Gasteiger partial charge in [-0.2, -0.15) is 0 Å². The molecule has 0 aliphatic heterocycles. The summed E-state index contributed by atoms with van der Waals surface area (Å²) in [7, 11) is 0. The summed E-state index contributed by atoms with van der Waals surface area (Å²) >= 11 is 0. The van der Waals surface area contributed by atoms with Crippen LogP contribution < -0.4 is 15.8 Å². The Labute approximate surface area is 129 Å². The van der Waals surface area contributed by atoms with Crippen LogP contribution in [0.1, 0.15) is 53.4 Å². The average molecular weight is 290 g/mol. The topological polar surface area (TPSA) is 47.3 Å². The van der Waals surface area contributed by atoms with Crippen LogP contribution >= 0.6 is 0 Å². The number of nitrogens with two attached hydrogens (primary N) is 1. The Hall–Kier alpha value is -1.38. The first-order valence-corrected chi connectivity index (χ1v) is 8.30. The third-order valence-corrected chi connectivity index (χ3v) is 4.45. The maximum atomic E-state index is 6.28. The van der Waals surface area contributed by atoms with Crippen LogP contribution in [0, 0.1) is 11.8 Å². The fraction of sp³-hybridized carbons (Fsp3) is 0.667. The van der Waals surface area contributed by atoms with Crippen molar-refractivity contribution in [3.8, 4) is 5.75 Å². The minimum absolute atomic E-state index is 0.139. The normalized spacial score (nSPS) is 22.6. The summed E-state index contributed by atoms with van der Waals surface area (Å²) in [6.07, 6.45) is 5.35. The number of benzene rings is 1. The molecule has 0 spiro atoms. The average Bonchev–Trinajstić information content (AvgIpc) is 2.43. The smallest absolute Gasteiger partial charge is 0.144 e. The number of nitrogens with one attached hydrogen (secondary N) is 1. The predicted octanol–water partition coefficient (Wildman–Crippen LogP) is 4.68. The van der Waals surface area contributed by atoms with Crippen LogP contribution in [0.15, 0.2) is 18.2 Å². The summed E-state index contributed by atoms with van der Waals surface area (Å²) in [5.74, 6) is 2.22. The van der Waals surface area contributed by atoms with Gasteiger partial charge in [0.15, 0.2) is 0 Å². The first-order chi connectivity index (χ1) is 9.99. The number of nitrogen functional groups attached to an aromatic ring is 1. The molecule has 0 radical (unpaired) electrons. The molecule has 1 fully saturated rings. The third kappa shape index (κ3) is 4.05. The van der Waals surface area contributed by atoms with Crippen molar-refractivity contribution in [3.05, 3.63) is 18.2 Å². The Balaban J connectivity index is 2.14. The highest BCUT2D eigenvalue weighted by atomic mass is 16.5. The second-order valence-corrected chi connectivity index (χ2v) is 6.83. The van der Waals surface area contributed by atoms with Gasteiger partial charge in [0.25, 0.3) is 0 Å². The van der Waals surface area contributed by atoms with Crippen molar-refractivity contribution in [2.45, 2.75) is 65.5 Å². The Bertz CT molecular complexity index is 457. The van der Waals surface area contributed by atoms with Gasteiger partial charge < -0.3 is 15.8 Å². The summed E-state index contributed by atoms with van der Waals surface area (Å²) in [4.78, 5) is 0. The highest BCUT2D eigenvalue weighted by molar-refractivity contribution is 5.73. The maximum Gasteiger partial charge on any atom is 0.144 e. The van der Waals surface area contributed by atoms with Crippen molar-refractivity contribution in [1.82, 2.24) is 0 Å². The van der Waals surface area contributed by atoms with E-state index in [0.717, 1.165) is 23.0 Å². The Morgan fingerprint density at radius 3 is 2.52 bits per heavy atom. The van der Waals surface area contributed by atoms with Crippen LogP contribution in [-0.4, -0.2) is 12.1 Å². The highest BCUT2D eigenvalue weighted by Crippen LogP contribution is 2.36. The van der Waals surface area contributed by atoms with Gasteiger partial charge in [0.1, 0.15) is 5.75 Å². The van der Waals surface area contributed by atoms with E-state index in [4.69, 9.17) is 10.5 Å². The number of rotatable bonds is 5. The summed E-state index contributed by atoms with van der Waals surface area (Å²) in [6, 6.07) is 6.55. The Kier molecular flexibility index (Phi) is 5.38. The fourth-order valence-corrected chi connectivity index (χ4v) is 3.36. The minimum Gasteiger partial charge on any atom is -0.489 e. The molecule has 3 heteroatoms. The van der Waals surface area contributed by atoms with Crippen molar-refractivity contribution in [1.29, 1.82) is 0 Å². The van der Waals surface area contributed by atoms with Gasteiger partial charge in [0.05, 0.1) is 17.5 Å². The lowest BCUT2D eigenvalue weighted by molar-refractivity contribution is 0.243. The first-order valence-electron chi connectivity index (χ1n) is 8.30. The van der Waals surface area contributed by atoms with E-state index >= 15 is 0 Å². The number of hydrogen-bond donors (Lipinski definition) is 2. The zero-order chi connectivity index (χ0) is 15.4. The van der Waals surface area contributed by atoms with Crippen LogP contribution in [0.25, 0.3) is 0 Å². The SMILES string of the molecule is CC(C)Oc1cccc(NC2CCCCC2C(C)C)c1N. The monoisotopic (exact) mass is 290 g/mol. The summed E-state index contributed by atoms with van der Waals surface area (Å²) in [5.41, 5.74) is 8.04. The van der Waals surface area contributed by atoms with Gasteiger partial charge in [-0.3, -0.25) is 0 Å². The Morgan fingerprint density at radius 1 is 1.14 bits per heavy atom. The van der Waals surface area contributed by atoms with E-state index in [-0.39, 0.29) is 6.10 Å². The molecule has 0 bridgehead atoms. The lowest BCUT2D eigenvalue weighted by Gasteiger charge is -2.36. The van der Waals surface area contributed by atoms with E-state index in [9.17, 15) is 0 Å². The molecule has 0 amide bonds. The van der Waals surface area contributed by atoms with Gasteiger partial charge in [-0.25, -0.2) is 0 Å². The van der Waals surface area contributed by atoms with Gasteiger partial charge in [-0.15, -0.1) is 0 Å². The second-order valence-electron chi connectivity index (χ2n) is 6.83. The van der Waals surface area contributed by atoms with Crippen molar-refractivity contribution in [2.75, 3.05) is 11.1 Å². The fourth-order valence-electron chi connectivity index (χ4n) is 3.36. The molecule has 1 saturated carbocycles. The lowest BCUT2D eigenvalue weighted by atomic mass is 9.77. The quantitative estimate of drug-likeness (QED) is 0.774. The molecule has 2 rings (SSSR count). The van der Waals surface area contributed by atoms with E-state index in [0.29, 0.717) is 12.0 Å². The van der Waals surface area contributed by atoms with Crippen molar-refractivity contribution >= 4 is 11.4 Å². The molecule has 3 nitrogen and oxygen atoms in total. The molecule has 21 heavy (non-hydrogen) atoms. The molecule has 118 valence electrons. The van der Waals surface area contributed by atoms with Gasteiger partial charge in [0, 0.05) is 6.04 Å². The van der Waals surface area contributed by atoms with Gasteiger partial charge in [-0.1, -0.05) is 32.8 Å². The van der Waals surface area contributed by atoms with E-state index in [1.807, 2.05) is 26.0 Å². The van der Waals surface area contributed by atoms with Gasteiger partial charge >= 0.3 is 0 Å². The third-order valence-electron chi connectivity index (χ3n) is 4.45. The molecule has 0 saturated heterocycles. The zero-order valence-electron chi connectivity index (χ0n) is 13.9. The number of hydrogen-bond acceptors (Lipinski definition) is 3. The molecule has 1 aliphatic carbocycles. The molecule has 2 atom stereocenters. The van der Waals surface area contributed by atoms with E-state index in [1.165, 1.54) is 25.7 Å². The van der Waals surface area contributed by atoms with Crippen LogP contribution in [0.5, 0.6) is 5.75 Å². The standard InChI is InChI=1S/C18H30N2O/c1-12(2)14-8-5-6-9-15(14)20-16-10-7-11-17(18(16)19)21-13(3)4/h7,10-15,20H,5-6,8-9,19H2,1-4H3. The number of ether oxygens (including phenoxy) is 1. The number of para-hydroxylation sites is 1. The van der Waals surface area contributed by atoms with Crippen molar-refractivity contribution in [2.24, 2.45) is 11.8 Å². The molecular weight excluding hydrogens is 260 g/mol. The molecule has 1 aromatic rings. The summed E-state index contributed by atoms with van der Waals surface area (Å²) in [6.45, 7) is 8.70. The summed E-state index contributed by atoms with van der Waals surface area (Å²) < 4.78 is 5.78. The van der Waals surface area contributed by atoms with Gasteiger partial charge in [0.2, 0.25) is 0 Å². The summed E-state index contributed by atoms with van der Waals surface area (Å²) in [5, 5.41) is 3.69. The van der Waals surface area contributed by atoms with Crippen LogP contribution in [0.4, 0.5) is 11.4 Å². The maximum absolute atomic E-state index is 6.28. The van der Waals surface area contributed by atoms with Crippen LogP contribution in [-0.2, 0) is 0 Å². The second kappa shape index (κ2) is 7.06. The van der Waals surface area contributed by atoms with Crippen molar-refractivity contribution in [3.63, 3.8) is 0 Å². The Morgan fingerprint density at radius 2 is 1.86 bits per heavy atom. The van der Waals surface area contributed by atoms with E-state index in [2.05, 4.69) is 25.2 Å². The number of anilines is 2. The molecule has 0 aromatic heterocycles. The van der Waals surface area contributed by atoms with E-state index in [1.54, 1.807) is 0 Å². The largest absolute Gasteiger partial charge is 0.489 e. The molecule has 3 N–H and O–H groups in total. The van der Waals surface area contributed by atoms with E-state index < -0.39 is 0 Å². The molecule has 2 unspecified atom stereocenters. The minimum atomic E-state index is 0.139. The van der Waals surface area contributed by atoms with Gasteiger partial charge in [-0.05, 0) is 50.7 Å². The lowest BCUT2D eigenvalue weighted by Crippen LogP contribution is -2.35. The van der Waals surface area contributed by atoms with Crippen molar-refractivity contribution < 1.29 is 4.74 Å². The van der Waals surface area contributed by atoms with Crippen LogP contribution in [0.2, 0.25) is 0 Å².